The molecular formula is C11H21NO4. The van der Waals surface area contributed by atoms with Crippen molar-refractivity contribution in [2.75, 3.05) is 6.54 Å². The fourth-order valence-corrected chi connectivity index (χ4v) is 1.11. The molecule has 0 aliphatic heterocycles. The third-order valence-corrected chi connectivity index (χ3v) is 1.55. The van der Waals surface area contributed by atoms with E-state index in [0.717, 1.165) is 0 Å². The smallest absolute Gasteiger partial charge is 0.320 e. The maximum Gasteiger partial charge on any atom is 0.320 e. The second-order valence-corrected chi connectivity index (χ2v) is 5.20. The van der Waals surface area contributed by atoms with Crippen LogP contribution in [0.25, 0.3) is 0 Å². The van der Waals surface area contributed by atoms with Gasteiger partial charge in [0.2, 0.25) is 0 Å². The minimum atomic E-state index is -0.890. The normalized spacial score (nSPS) is 12.1. The van der Waals surface area contributed by atoms with Crippen LogP contribution in [-0.2, 0) is 19.1 Å². The minimum absolute atomic E-state index is 0.00993. The van der Waals surface area contributed by atoms with Crippen LogP contribution in [0.2, 0.25) is 0 Å². The SMILES string of the molecule is CC(C)(C)OC(=O)CC(C)(C)OC(=O)CN. The predicted octanol–water partition coefficient (Wildman–Crippen LogP) is 0.999. The highest BCUT2D eigenvalue weighted by atomic mass is 16.6. The number of rotatable bonds is 4. The van der Waals surface area contributed by atoms with E-state index >= 15 is 0 Å². The van der Waals surface area contributed by atoms with E-state index in [0.29, 0.717) is 0 Å². The van der Waals surface area contributed by atoms with Crippen LogP contribution < -0.4 is 5.73 Å². The predicted molar refractivity (Wildman–Crippen MR) is 59.7 cm³/mol. The van der Waals surface area contributed by atoms with Crippen LogP contribution in [0.5, 0.6) is 0 Å². The molecule has 0 fully saturated rings. The summed E-state index contributed by atoms with van der Waals surface area (Å²) in [6.07, 6.45) is 0.00993. The molecule has 5 nitrogen and oxygen atoms in total. The zero-order valence-corrected chi connectivity index (χ0v) is 10.6. The van der Waals surface area contributed by atoms with Crippen molar-refractivity contribution >= 4 is 11.9 Å². The number of carbonyl (C=O) groups is 2. The molecule has 0 aliphatic rings. The van der Waals surface area contributed by atoms with Crippen molar-refractivity contribution in [2.45, 2.75) is 52.2 Å². The summed E-state index contributed by atoms with van der Waals surface area (Å²) in [5.74, 6) is -0.934. The van der Waals surface area contributed by atoms with Gasteiger partial charge in [-0.25, -0.2) is 0 Å². The summed E-state index contributed by atoms with van der Waals surface area (Å²) in [6, 6.07) is 0. The van der Waals surface area contributed by atoms with Crippen molar-refractivity contribution < 1.29 is 19.1 Å². The number of esters is 2. The lowest BCUT2D eigenvalue weighted by Crippen LogP contribution is -2.36. The number of ether oxygens (including phenoxy) is 2. The lowest BCUT2D eigenvalue weighted by atomic mass is 10.1. The first-order chi connectivity index (χ1) is 7.06. The van der Waals surface area contributed by atoms with Crippen molar-refractivity contribution in [1.82, 2.24) is 0 Å². The maximum absolute atomic E-state index is 11.5. The molecule has 0 atom stereocenters. The Morgan fingerprint density at radius 2 is 1.50 bits per heavy atom. The Morgan fingerprint density at radius 3 is 1.88 bits per heavy atom. The lowest BCUT2D eigenvalue weighted by Gasteiger charge is -2.26. The zero-order chi connectivity index (χ0) is 13.0. The van der Waals surface area contributed by atoms with Crippen molar-refractivity contribution in [1.29, 1.82) is 0 Å². The first-order valence-electron chi connectivity index (χ1n) is 5.19. The van der Waals surface area contributed by atoms with Crippen molar-refractivity contribution in [3.05, 3.63) is 0 Å². The topological polar surface area (TPSA) is 78.6 Å². The summed E-state index contributed by atoms with van der Waals surface area (Å²) >= 11 is 0. The Labute approximate surface area is 96.3 Å². The molecule has 0 bridgehead atoms. The van der Waals surface area contributed by atoms with Gasteiger partial charge < -0.3 is 15.2 Å². The standard InChI is InChI=1S/C11H21NO4/c1-10(2,3)15-8(13)6-11(4,5)16-9(14)7-12/h6-7,12H2,1-5H3. The molecular weight excluding hydrogens is 210 g/mol. The molecule has 0 aromatic heterocycles. The zero-order valence-electron chi connectivity index (χ0n) is 10.6. The van der Waals surface area contributed by atoms with Crippen LogP contribution in [0, 0.1) is 0 Å². The lowest BCUT2D eigenvalue weighted by molar-refractivity contribution is -0.167. The average Bonchev–Trinajstić information content (AvgIpc) is 1.97. The molecule has 0 spiro atoms. The van der Waals surface area contributed by atoms with Gasteiger partial charge in [-0.2, -0.15) is 0 Å². The van der Waals surface area contributed by atoms with Crippen LogP contribution in [0.1, 0.15) is 41.0 Å². The van der Waals surface area contributed by atoms with Crippen molar-refractivity contribution in [3.63, 3.8) is 0 Å². The first-order valence-corrected chi connectivity index (χ1v) is 5.19. The summed E-state index contributed by atoms with van der Waals surface area (Å²) in [4.78, 5) is 22.5. The fourth-order valence-electron chi connectivity index (χ4n) is 1.11. The average molecular weight is 231 g/mol. The molecule has 16 heavy (non-hydrogen) atoms. The molecule has 0 saturated heterocycles. The highest BCUT2D eigenvalue weighted by Gasteiger charge is 2.28. The monoisotopic (exact) mass is 231 g/mol. The molecule has 94 valence electrons. The van der Waals surface area contributed by atoms with Gasteiger partial charge in [-0.15, -0.1) is 0 Å². The Kier molecular flexibility index (Phi) is 4.93. The van der Waals surface area contributed by atoms with Gasteiger partial charge in [0.05, 0.1) is 13.0 Å². The highest BCUT2D eigenvalue weighted by molar-refractivity contribution is 5.74. The molecule has 0 aromatic rings. The molecule has 0 aromatic carbocycles. The van der Waals surface area contributed by atoms with E-state index in [1.807, 2.05) is 0 Å². The van der Waals surface area contributed by atoms with Crippen LogP contribution >= 0.6 is 0 Å². The minimum Gasteiger partial charge on any atom is -0.460 e. The second kappa shape index (κ2) is 5.30. The van der Waals surface area contributed by atoms with E-state index in [1.54, 1.807) is 34.6 Å². The van der Waals surface area contributed by atoms with Gasteiger partial charge in [-0.1, -0.05) is 0 Å². The highest BCUT2D eigenvalue weighted by Crippen LogP contribution is 2.18. The van der Waals surface area contributed by atoms with Gasteiger partial charge >= 0.3 is 11.9 Å². The van der Waals surface area contributed by atoms with E-state index in [-0.39, 0.29) is 13.0 Å². The third kappa shape index (κ3) is 7.23. The van der Waals surface area contributed by atoms with Gasteiger partial charge in [0, 0.05) is 0 Å². The number of hydrogen-bond donors (Lipinski definition) is 1. The molecule has 0 radical (unpaired) electrons. The molecule has 0 unspecified atom stereocenters. The quantitative estimate of drug-likeness (QED) is 0.730. The van der Waals surface area contributed by atoms with Gasteiger partial charge in [-0.05, 0) is 34.6 Å². The van der Waals surface area contributed by atoms with Crippen molar-refractivity contribution in [3.8, 4) is 0 Å². The summed E-state index contributed by atoms with van der Waals surface area (Å²) < 4.78 is 10.1. The molecule has 0 amide bonds. The van der Waals surface area contributed by atoms with E-state index in [4.69, 9.17) is 15.2 Å². The third-order valence-electron chi connectivity index (χ3n) is 1.55. The van der Waals surface area contributed by atoms with E-state index in [9.17, 15) is 9.59 Å². The molecule has 5 heteroatoms. The van der Waals surface area contributed by atoms with E-state index in [2.05, 4.69) is 0 Å². The molecule has 0 aliphatic carbocycles. The van der Waals surface area contributed by atoms with Gasteiger partial charge in [-0.3, -0.25) is 9.59 Å². The second-order valence-electron chi connectivity index (χ2n) is 5.20. The van der Waals surface area contributed by atoms with E-state index in [1.165, 1.54) is 0 Å². The maximum atomic E-state index is 11.5. The molecule has 0 saturated carbocycles. The summed E-state index contributed by atoms with van der Waals surface area (Å²) in [6.45, 7) is 8.43. The molecule has 0 heterocycles. The summed E-state index contributed by atoms with van der Waals surface area (Å²) in [5.41, 5.74) is 3.69. The van der Waals surface area contributed by atoms with Crippen LogP contribution in [-0.4, -0.2) is 29.7 Å². The Morgan fingerprint density at radius 1 is 1.00 bits per heavy atom. The van der Waals surface area contributed by atoms with Crippen LogP contribution in [0.3, 0.4) is 0 Å². The first kappa shape index (κ1) is 14.9. The largest absolute Gasteiger partial charge is 0.460 e. The number of hydrogen-bond acceptors (Lipinski definition) is 5. The van der Waals surface area contributed by atoms with Gasteiger partial charge in [0.25, 0.3) is 0 Å². The summed E-state index contributed by atoms with van der Waals surface area (Å²) in [7, 11) is 0. The van der Waals surface area contributed by atoms with Gasteiger partial charge in [0.15, 0.2) is 0 Å². The molecule has 2 N–H and O–H groups in total. The van der Waals surface area contributed by atoms with E-state index < -0.39 is 23.1 Å². The summed E-state index contributed by atoms with van der Waals surface area (Å²) in [5, 5.41) is 0. The Hall–Kier alpha value is -1.10. The fraction of sp³-hybridized carbons (Fsp3) is 0.818. The number of nitrogens with two attached hydrogens (primary N) is 1. The Balaban J connectivity index is 4.26. The Bertz CT molecular complexity index is 266. The van der Waals surface area contributed by atoms with Crippen molar-refractivity contribution in [2.24, 2.45) is 5.73 Å². The van der Waals surface area contributed by atoms with Crippen LogP contribution in [0.15, 0.2) is 0 Å². The van der Waals surface area contributed by atoms with Gasteiger partial charge in [0.1, 0.15) is 11.2 Å². The van der Waals surface area contributed by atoms with Crippen LogP contribution in [0.4, 0.5) is 0 Å². The molecule has 0 rings (SSSR count). The number of carbonyl (C=O) groups excluding carboxylic acids is 2.